The number of nitrogens with one attached hydrogen (secondary N) is 1. The number of rotatable bonds is 4. The Kier molecular flexibility index (Phi) is 5.08. The Morgan fingerprint density at radius 1 is 1.40 bits per heavy atom. The normalized spacial score (nSPS) is 24.7. The summed E-state index contributed by atoms with van der Waals surface area (Å²) in [5.41, 5.74) is -0.0533. The summed E-state index contributed by atoms with van der Waals surface area (Å²) in [7, 11) is 1.54. The molecule has 25 heavy (non-hydrogen) atoms. The fourth-order valence-corrected chi connectivity index (χ4v) is 4.47. The summed E-state index contributed by atoms with van der Waals surface area (Å²) in [6.07, 6.45) is 2.60. The minimum Gasteiger partial charge on any atom is -0.495 e. The number of hydrogen-bond acceptors (Lipinski definition) is 4. The Labute approximate surface area is 154 Å². The summed E-state index contributed by atoms with van der Waals surface area (Å²) in [6, 6.07) is 5.30. The third kappa shape index (κ3) is 3.40. The van der Waals surface area contributed by atoms with Crippen LogP contribution < -0.4 is 10.1 Å². The van der Waals surface area contributed by atoms with Gasteiger partial charge in [0.25, 0.3) is 0 Å². The second kappa shape index (κ2) is 7.11. The molecule has 1 aromatic rings. The molecule has 136 valence electrons. The summed E-state index contributed by atoms with van der Waals surface area (Å²) in [5.74, 6) is 0.597. The average Bonchev–Trinajstić information content (AvgIpc) is 2.82. The maximum absolute atomic E-state index is 12.2. The number of carbonyl (C=O) groups is 2. The number of benzene rings is 1. The molecule has 2 amide bonds. The van der Waals surface area contributed by atoms with Crippen molar-refractivity contribution >= 4 is 33.8 Å². The lowest BCUT2D eigenvalue weighted by atomic mass is 9.89. The highest BCUT2D eigenvalue weighted by molar-refractivity contribution is 9.10. The molecule has 0 spiro atoms. The van der Waals surface area contributed by atoms with E-state index >= 15 is 0 Å². The number of carboxylic acid groups (broad SMARTS) is 1. The molecule has 2 bridgehead atoms. The number of piperidine rings is 1. The van der Waals surface area contributed by atoms with Gasteiger partial charge in [-0.05, 0) is 60.2 Å². The van der Waals surface area contributed by atoms with Gasteiger partial charge < -0.3 is 14.6 Å². The standard InChI is InChI=1S/C17H21BrN2O5/c1-24-13-6-2-5-12(14(13)18)19-15(21)25-10-17-8-3-4-11(7-9-17)20(17)16(22)23/h2,5-6,11H,3-4,7-10H2,1H3,(H,19,21)(H,22,23). The molecular formula is C17H21BrN2O5. The number of ether oxygens (including phenoxy) is 2. The number of halogens is 1. The topological polar surface area (TPSA) is 88.1 Å². The molecule has 2 N–H and O–H groups in total. The average molecular weight is 413 g/mol. The van der Waals surface area contributed by atoms with Gasteiger partial charge in [-0.25, -0.2) is 9.59 Å². The van der Waals surface area contributed by atoms with Gasteiger partial charge in [0.15, 0.2) is 0 Å². The van der Waals surface area contributed by atoms with E-state index in [1.54, 1.807) is 25.3 Å². The highest BCUT2D eigenvalue weighted by Gasteiger charge is 2.52. The molecule has 0 saturated carbocycles. The molecule has 2 aliphatic heterocycles. The first-order valence-electron chi connectivity index (χ1n) is 8.25. The van der Waals surface area contributed by atoms with Gasteiger partial charge in [0.1, 0.15) is 12.4 Å². The van der Waals surface area contributed by atoms with Gasteiger partial charge in [0.2, 0.25) is 0 Å². The van der Waals surface area contributed by atoms with Crippen molar-refractivity contribution in [1.82, 2.24) is 4.90 Å². The van der Waals surface area contributed by atoms with E-state index in [9.17, 15) is 14.7 Å². The van der Waals surface area contributed by atoms with Gasteiger partial charge in [0.05, 0.1) is 22.8 Å². The van der Waals surface area contributed by atoms with Crippen molar-refractivity contribution in [1.29, 1.82) is 0 Å². The first-order valence-corrected chi connectivity index (χ1v) is 9.05. The molecule has 1 aromatic carbocycles. The zero-order valence-corrected chi connectivity index (χ0v) is 15.5. The minimum atomic E-state index is -0.929. The van der Waals surface area contributed by atoms with Crippen LogP contribution >= 0.6 is 15.9 Å². The second-order valence-corrected chi connectivity index (χ2v) is 7.28. The molecule has 2 saturated heterocycles. The molecule has 0 radical (unpaired) electrons. The van der Waals surface area contributed by atoms with Crippen LogP contribution in [0.15, 0.2) is 22.7 Å². The number of nitrogens with zero attached hydrogens (tertiary/aromatic N) is 1. The first kappa shape index (κ1) is 17.8. The van der Waals surface area contributed by atoms with E-state index in [1.807, 2.05) is 0 Å². The van der Waals surface area contributed by atoms with Crippen molar-refractivity contribution in [2.24, 2.45) is 0 Å². The Morgan fingerprint density at radius 2 is 2.20 bits per heavy atom. The Balaban J connectivity index is 1.65. The predicted molar refractivity (Wildman–Crippen MR) is 95.1 cm³/mol. The predicted octanol–water partition coefficient (Wildman–Crippen LogP) is 4.07. The van der Waals surface area contributed by atoms with Crippen LogP contribution in [0.1, 0.15) is 32.1 Å². The van der Waals surface area contributed by atoms with Crippen LogP contribution in [0.3, 0.4) is 0 Å². The molecule has 2 unspecified atom stereocenters. The van der Waals surface area contributed by atoms with Crippen molar-refractivity contribution in [3.8, 4) is 5.75 Å². The Hall–Kier alpha value is -1.96. The number of amides is 2. The molecule has 0 aromatic heterocycles. The summed E-state index contributed by atoms with van der Waals surface area (Å²) in [4.78, 5) is 25.3. The van der Waals surface area contributed by atoms with Gasteiger partial charge in [-0.15, -0.1) is 0 Å². The van der Waals surface area contributed by atoms with Crippen molar-refractivity contribution in [3.05, 3.63) is 22.7 Å². The van der Waals surface area contributed by atoms with Gasteiger partial charge in [-0.1, -0.05) is 6.07 Å². The van der Waals surface area contributed by atoms with E-state index < -0.39 is 17.7 Å². The van der Waals surface area contributed by atoms with Gasteiger partial charge in [-0.3, -0.25) is 10.2 Å². The van der Waals surface area contributed by atoms with E-state index in [0.717, 1.165) is 32.1 Å². The molecule has 2 aliphatic rings. The van der Waals surface area contributed by atoms with Crippen molar-refractivity contribution < 1.29 is 24.2 Å². The summed E-state index contributed by atoms with van der Waals surface area (Å²) in [5, 5.41) is 12.2. The van der Waals surface area contributed by atoms with Crippen LogP contribution in [0.4, 0.5) is 15.3 Å². The van der Waals surface area contributed by atoms with Crippen LogP contribution in [0.25, 0.3) is 0 Å². The largest absolute Gasteiger partial charge is 0.495 e. The lowest BCUT2D eigenvalue weighted by molar-refractivity contribution is 0.0110. The van der Waals surface area contributed by atoms with Crippen molar-refractivity contribution in [2.75, 3.05) is 19.0 Å². The third-order valence-electron chi connectivity index (χ3n) is 5.10. The molecule has 8 heteroatoms. The molecule has 2 fully saturated rings. The third-order valence-corrected chi connectivity index (χ3v) is 5.91. The molecule has 3 rings (SSSR count). The number of hydrogen-bond donors (Lipinski definition) is 2. The number of fused-ring (bicyclic) bond motifs is 2. The van der Waals surface area contributed by atoms with E-state index in [0.29, 0.717) is 15.9 Å². The SMILES string of the molecule is COc1cccc(NC(=O)OCC23CCCC(CC2)N3C(=O)O)c1Br. The highest BCUT2D eigenvalue weighted by atomic mass is 79.9. The Bertz CT molecular complexity index is 679. The van der Waals surface area contributed by atoms with Crippen LogP contribution in [-0.2, 0) is 4.74 Å². The summed E-state index contributed by atoms with van der Waals surface area (Å²) in [6.45, 7) is 0.0726. The first-order chi connectivity index (χ1) is 12.0. The minimum absolute atomic E-state index is 0.0467. The van der Waals surface area contributed by atoms with E-state index in [4.69, 9.17) is 9.47 Å². The zero-order valence-electron chi connectivity index (χ0n) is 14.0. The van der Waals surface area contributed by atoms with E-state index in [2.05, 4.69) is 21.2 Å². The zero-order chi connectivity index (χ0) is 18.0. The smallest absolute Gasteiger partial charge is 0.411 e. The highest BCUT2D eigenvalue weighted by Crippen LogP contribution is 2.44. The quantitative estimate of drug-likeness (QED) is 0.777. The summed E-state index contributed by atoms with van der Waals surface area (Å²) < 4.78 is 11.2. The fourth-order valence-electron chi connectivity index (χ4n) is 3.94. The van der Waals surface area contributed by atoms with Gasteiger partial charge >= 0.3 is 12.2 Å². The monoisotopic (exact) mass is 412 g/mol. The summed E-state index contributed by atoms with van der Waals surface area (Å²) >= 11 is 3.38. The number of carbonyl (C=O) groups excluding carboxylic acids is 1. The van der Waals surface area contributed by atoms with Crippen molar-refractivity contribution in [2.45, 2.75) is 43.7 Å². The second-order valence-electron chi connectivity index (χ2n) is 6.48. The van der Waals surface area contributed by atoms with Crippen LogP contribution in [-0.4, -0.2) is 47.5 Å². The van der Waals surface area contributed by atoms with Crippen LogP contribution in [0.5, 0.6) is 5.75 Å². The maximum Gasteiger partial charge on any atom is 0.411 e. The molecular weight excluding hydrogens is 392 g/mol. The number of methoxy groups -OCH3 is 1. The van der Waals surface area contributed by atoms with E-state index in [1.165, 1.54) is 4.90 Å². The fraction of sp³-hybridized carbons (Fsp3) is 0.529. The Morgan fingerprint density at radius 3 is 2.92 bits per heavy atom. The lowest BCUT2D eigenvalue weighted by Crippen LogP contribution is -2.55. The molecule has 7 nitrogen and oxygen atoms in total. The van der Waals surface area contributed by atoms with Crippen LogP contribution in [0, 0.1) is 0 Å². The molecule has 0 aliphatic carbocycles. The molecule has 2 atom stereocenters. The molecule has 2 heterocycles. The van der Waals surface area contributed by atoms with Gasteiger partial charge in [-0.2, -0.15) is 0 Å². The number of anilines is 1. The van der Waals surface area contributed by atoms with E-state index in [-0.39, 0.29) is 12.6 Å². The van der Waals surface area contributed by atoms with Crippen LogP contribution in [0.2, 0.25) is 0 Å². The lowest BCUT2D eigenvalue weighted by Gasteiger charge is -2.42. The maximum atomic E-state index is 12.2. The van der Waals surface area contributed by atoms with Crippen molar-refractivity contribution in [3.63, 3.8) is 0 Å². The van der Waals surface area contributed by atoms with Gasteiger partial charge in [0, 0.05) is 6.04 Å².